The predicted octanol–water partition coefficient (Wildman–Crippen LogP) is 5.85. The van der Waals surface area contributed by atoms with E-state index in [1.165, 1.54) is 6.08 Å². The molecule has 0 radical (unpaired) electrons. The fourth-order valence-electron chi connectivity index (χ4n) is 2.61. The van der Waals surface area contributed by atoms with Crippen molar-refractivity contribution >= 4 is 52.0 Å². The van der Waals surface area contributed by atoms with E-state index in [2.05, 4.69) is 15.3 Å². The molecular weight excluding hydrogens is 397 g/mol. The number of rotatable bonds is 4. The van der Waals surface area contributed by atoms with Gasteiger partial charge in [0.15, 0.2) is 5.58 Å². The van der Waals surface area contributed by atoms with Crippen molar-refractivity contribution in [1.29, 1.82) is 0 Å². The first-order valence-corrected chi connectivity index (χ1v) is 9.09. The quantitative estimate of drug-likeness (QED) is 0.429. The third-order valence-electron chi connectivity index (χ3n) is 3.96. The minimum atomic E-state index is -0.289. The second kappa shape index (κ2) is 7.84. The number of hydrogen-bond acceptors (Lipinski definition) is 4. The molecule has 0 bridgehead atoms. The molecule has 7 heteroatoms. The number of carbonyl (C=O) groups is 1. The van der Waals surface area contributed by atoms with Crippen molar-refractivity contribution in [2.24, 2.45) is 0 Å². The molecule has 28 heavy (non-hydrogen) atoms. The Hall–Kier alpha value is -3.15. The third-order valence-corrected chi connectivity index (χ3v) is 4.52. The molecule has 0 fully saturated rings. The molecule has 0 saturated carbocycles. The van der Waals surface area contributed by atoms with E-state index in [9.17, 15) is 4.79 Å². The Bertz CT molecular complexity index is 1190. The van der Waals surface area contributed by atoms with Crippen molar-refractivity contribution in [2.45, 2.75) is 0 Å². The first-order valence-electron chi connectivity index (χ1n) is 8.33. The van der Waals surface area contributed by atoms with Crippen LogP contribution in [0.3, 0.4) is 0 Å². The number of halogens is 2. The molecule has 0 spiro atoms. The van der Waals surface area contributed by atoms with Crippen LogP contribution in [0.25, 0.3) is 28.6 Å². The van der Waals surface area contributed by atoms with Gasteiger partial charge in [0.2, 0.25) is 11.8 Å². The SMILES string of the molecule is O=C(C=Cc1ccc(Cl)cc1Cl)Nc1ccc2oc(-c3ccncc3)nc2c1. The van der Waals surface area contributed by atoms with E-state index in [-0.39, 0.29) is 5.91 Å². The van der Waals surface area contributed by atoms with Gasteiger partial charge < -0.3 is 9.73 Å². The molecule has 138 valence electrons. The fraction of sp³-hybridized carbons (Fsp3) is 0. The van der Waals surface area contributed by atoms with E-state index in [1.807, 2.05) is 12.1 Å². The summed E-state index contributed by atoms with van der Waals surface area (Å²) >= 11 is 12.0. The highest BCUT2D eigenvalue weighted by atomic mass is 35.5. The Morgan fingerprint density at radius 1 is 1.04 bits per heavy atom. The van der Waals surface area contributed by atoms with Gasteiger partial charge >= 0.3 is 0 Å². The van der Waals surface area contributed by atoms with E-state index >= 15 is 0 Å². The molecule has 0 aliphatic carbocycles. The number of anilines is 1. The molecule has 4 rings (SSSR count). The van der Waals surface area contributed by atoms with E-state index in [0.717, 1.165) is 5.56 Å². The van der Waals surface area contributed by atoms with Gasteiger partial charge in [-0.05, 0) is 54.1 Å². The maximum Gasteiger partial charge on any atom is 0.248 e. The second-order valence-corrected chi connectivity index (χ2v) is 6.77. The molecule has 0 aliphatic heterocycles. The topological polar surface area (TPSA) is 68.0 Å². The van der Waals surface area contributed by atoms with Crippen LogP contribution in [0.15, 0.2) is 71.4 Å². The molecule has 2 aromatic carbocycles. The van der Waals surface area contributed by atoms with Gasteiger partial charge in [-0.1, -0.05) is 29.3 Å². The number of nitrogens with zero attached hydrogens (tertiary/aromatic N) is 2. The molecule has 0 saturated heterocycles. The van der Waals surface area contributed by atoms with Crippen LogP contribution >= 0.6 is 23.2 Å². The average molecular weight is 410 g/mol. The molecule has 1 amide bonds. The zero-order valence-corrected chi connectivity index (χ0v) is 15.9. The van der Waals surface area contributed by atoms with Crippen LogP contribution in [0.1, 0.15) is 5.56 Å². The molecular formula is C21H13Cl2N3O2. The Morgan fingerprint density at radius 3 is 2.64 bits per heavy atom. The fourth-order valence-corrected chi connectivity index (χ4v) is 3.08. The summed E-state index contributed by atoms with van der Waals surface area (Å²) in [5.74, 6) is 0.210. The highest BCUT2D eigenvalue weighted by Gasteiger charge is 2.09. The van der Waals surface area contributed by atoms with Crippen LogP contribution in [0, 0.1) is 0 Å². The van der Waals surface area contributed by atoms with Crippen molar-refractivity contribution in [3.8, 4) is 11.5 Å². The first kappa shape index (κ1) is 18.2. The highest BCUT2D eigenvalue weighted by Crippen LogP contribution is 2.26. The number of aromatic nitrogens is 2. The monoisotopic (exact) mass is 409 g/mol. The van der Waals surface area contributed by atoms with Gasteiger partial charge in [0, 0.05) is 39.8 Å². The van der Waals surface area contributed by atoms with Crippen LogP contribution in [0.5, 0.6) is 0 Å². The van der Waals surface area contributed by atoms with Gasteiger partial charge in [0.25, 0.3) is 0 Å². The smallest absolute Gasteiger partial charge is 0.248 e. The summed E-state index contributed by atoms with van der Waals surface area (Å²) in [4.78, 5) is 20.7. The summed E-state index contributed by atoms with van der Waals surface area (Å²) in [6.07, 6.45) is 6.39. The van der Waals surface area contributed by atoms with Gasteiger partial charge in [-0.25, -0.2) is 4.98 Å². The summed E-state index contributed by atoms with van der Waals surface area (Å²) < 4.78 is 5.75. The van der Waals surface area contributed by atoms with Gasteiger partial charge in [-0.2, -0.15) is 0 Å². The highest BCUT2D eigenvalue weighted by molar-refractivity contribution is 6.35. The summed E-state index contributed by atoms with van der Waals surface area (Å²) in [5, 5.41) is 3.81. The molecule has 2 aromatic heterocycles. The largest absolute Gasteiger partial charge is 0.436 e. The van der Waals surface area contributed by atoms with Gasteiger partial charge in [0.1, 0.15) is 5.52 Å². The van der Waals surface area contributed by atoms with Crippen LogP contribution < -0.4 is 5.32 Å². The van der Waals surface area contributed by atoms with Crippen molar-refractivity contribution < 1.29 is 9.21 Å². The molecule has 0 unspecified atom stereocenters. The van der Waals surface area contributed by atoms with Gasteiger partial charge in [-0.15, -0.1) is 0 Å². The molecule has 5 nitrogen and oxygen atoms in total. The molecule has 4 aromatic rings. The van der Waals surface area contributed by atoms with Crippen molar-refractivity contribution in [3.05, 3.63) is 82.6 Å². The minimum absolute atomic E-state index is 0.289. The lowest BCUT2D eigenvalue weighted by atomic mass is 10.2. The lowest BCUT2D eigenvalue weighted by Crippen LogP contribution is -2.07. The summed E-state index contributed by atoms with van der Waals surface area (Å²) in [5.41, 5.74) is 3.43. The number of pyridine rings is 1. The van der Waals surface area contributed by atoms with Gasteiger partial charge in [-0.3, -0.25) is 9.78 Å². The predicted molar refractivity (Wildman–Crippen MR) is 111 cm³/mol. The standard InChI is InChI=1S/C21H13Cl2N3O2/c22-15-3-1-13(17(23)11-15)2-6-20(27)25-16-4-5-19-18(12-16)26-21(28-19)14-7-9-24-10-8-14/h1-12H,(H,25,27). The minimum Gasteiger partial charge on any atom is -0.436 e. The number of hydrogen-bond donors (Lipinski definition) is 1. The maximum absolute atomic E-state index is 12.2. The zero-order valence-electron chi connectivity index (χ0n) is 14.4. The number of amides is 1. The van der Waals surface area contributed by atoms with E-state index in [1.54, 1.807) is 54.9 Å². The molecule has 0 aliphatic rings. The summed E-state index contributed by atoms with van der Waals surface area (Å²) in [6.45, 7) is 0. The van der Waals surface area contributed by atoms with Gasteiger partial charge in [0.05, 0.1) is 0 Å². The number of carbonyl (C=O) groups excluding carboxylic acids is 1. The van der Waals surface area contributed by atoms with Crippen LogP contribution in [0.2, 0.25) is 10.0 Å². The summed E-state index contributed by atoms with van der Waals surface area (Å²) in [7, 11) is 0. The van der Waals surface area contributed by atoms with E-state index < -0.39 is 0 Å². The Kier molecular flexibility index (Phi) is 5.10. The van der Waals surface area contributed by atoms with E-state index in [4.69, 9.17) is 27.6 Å². The Morgan fingerprint density at radius 2 is 1.86 bits per heavy atom. The third kappa shape index (κ3) is 4.06. The number of fused-ring (bicyclic) bond motifs is 1. The van der Waals surface area contributed by atoms with Crippen LogP contribution in [0.4, 0.5) is 5.69 Å². The van der Waals surface area contributed by atoms with Crippen molar-refractivity contribution in [2.75, 3.05) is 5.32 Å². The zero-order chi connectivity index (χ0) is 19.5. The van der Waals surface area contributed by atoms with E-state index in [0.29, 0.717) is 38.3 Å². The lowest BCUT2D eigenvalue weighted by Gasteiger charge is -2.02. The number of benzene rings is 2. The van der Waals surface area contributed by atoms with Crippen LogP contribution in [-0.4, -0.2) is 15.9 Å². The average Bonchev–Trinajstić information content (AvgIpc) is 3.11. The maximum atomic E-state index is 12.2. The second-order valence-electron chi connectivity index (χ2n) is 5.93. The lowest BCUT2D eigenvalue weighted by molar-refractivity contribution is -0.111. The Labute approximate surface area is 170 Å². The number of oxazole rings is 1. The first-order chi connectivity index (χ1) is 13.6. The molecule has 0 atom stereocenters. The summed E-state index contributed by atoms with van der Waals surface area (Å²) in [6, 6.07) is 14.0. The van der Waals surface area contributed by atoms with Crippen molar-refractivity contribution in [1.82, 2.24) is 9.97 Å². The molecule has 2 heterocycles. The van der Waals surface area contributed by atoms with Crippen LogP contribution in [-0.2, 0) is 4.79 Å². The normalized spacial score (nSPS) is 11.2. The van der Waals surface area contributed by atoms with Crippen molar-refractivity contribution in [3.63, 3.8) is 0 Å². The Balaban J connectivity index is 1.51. The number of nitrogens with one attached hydrogen (secondary N) is 1. The molecule has 1 N–H and O–H groups in total.